The number of piperidine rings is 2. The Bertz CT molecular complexity index is 1030. The lowest BCUT2D eigenvalue weighted by atomic mass is 9.62. The second-order valence-corrected chi connectivity index (χ2v) is 10.1. The summed E-state index contributed by atoms with van der Waals surface area (Å²) in [5.41, 5.74) is -0.112. The van der Waals surface area contributed by atoms with Crippen LogP contribution in [0.3, 0.4) is 0 Å². The van der Waals surface area contributed by atoms with Gasteiger partial charge in [-0.2, -0.15) is 13.2 Å². The molecule has 2 aliphatic heterocycles. The molecule has 2 fully saturated rings. The predicted octanol–water partition coefficient (Wildman–Crippen LogP) is 5.38. The molecule has 7 heteroatoms. The van der Waals surface area contributed by atoms with Crippen molar-refractivity contribution in [2.75, 3.05) is 33.3 Å². The van der Waals surface area contributed by atoms with Crippen LogP contribution in [0.4, 0.5) is 13.2 Å². The second kappa shape index (κ2) is 9.25. The zero-order valence-corrected chi connectivity index (χ0v) is 20.0. The first-order valence-electron chi connectivity index (χ1n) is 11.9. The number of alkyl halides is 3. The van der Waals surface area contributed by atoms with Gasteiger partial charge in [-0.25, -0.2) is 0 Å². The average molecular weight is 475 g/mol. The van der Waals surface area contributed by atoms with E-state index in [-0.39, 0.29) is 17.2 Å². The predicted molar refractivity (Wildman–Crippen MR) is 126 cm³/mol. The van der Waals surface area contributed by atoms with Crippen LogP contribution in [0.15, 0.2) is 48.5 Å². The number of carbonyl (C=O) groups is 1. The molecule has 1 unspecified atom stereocenters. The maximum Gasteiger partial charge on any atom is 0.416 e. The maximum absolute atomic E-state index is 13.5. The minimum Gasteiger partial charge on any atom is -0.496 e. The maximum atomic E-state index is 13.5. The minimum absolute atomic E-state index is 0.0665. The average Bonchev–Trinajstić information content (AvgIpc) is 2.84. The number of halogens is 3. The molecule has 4 nitrogen and oxygen atoms in total. The summed E-state index contributed by atoms with van der Waals surface area (Å²) in [7, 11) is 1.69. The fourth-order valence-electron chi connectivity index (χ4n) is 5.73. The molecule has 0 bridgehead atoms. The number of benzene rings is 2. The van der Waals surface area contributed by atoms with Crippen LogP contribution >= 0.6 is 0 Å². The highest BCUT2D eigenvalue weighted by Gasteiger charge is 2.46. The number of likely N-dealkylation sites (tertiary alicyclic amines) is 1. The third kappa shape index (κ3) is 4.54. The van der Waals surface area contributed by atoms with Gasteiger partial charge in [-0.15, -0.1) is 0 Å². The van der Waals surface area contributed by atoms with Gasteiger partial charge in [-0.05, 0) is 68.3 Å². The fraction of sp³-hybridized carbons (Fsp3) is 0.519. The normalized spacial score (nSPS) is 20.9. The lowest BCUT2D eigenvalue weighted by Crippen LogP contribution is -2.53. The molecule has 0 radical (unpaired) electrons. The third-order valence-electron chi connectivity index (χ3n) is 7.89. The van der Waals surface area contributed by atoms with Gasteiger partial charge in [0.05, 0.1) is 18.1 Å². The second-order valence-electron chi connectivity index (χ2n) is 10.1. The van der Waals surface area contributed by atoms with Crippen LogP contribution in [-0.4, -0.2) is 44.1 Å². The molecule has 1 N–H and O–H groups in total. The molecule has 2 saturated heterocycles. The molecule has 184 valence electrons. The molecule has 2 heterocycles. The summed E-state index contributed by atoms with van der Waals surface area (Å²) < 4.78 is 45.4. The summed E-state index contributed by atoms with van der Waals surface area (Å²) >= 11 is 0. The van der Waals surface area contributed by atoms with Crippen LogP contribution in [0.5, 0.6) is 5.75 Å². The van der Waals surface area contributed by atoms with Crippen LogP contribution in [0.1, 0.15) is 55.7 Å². The summed E-state index contributed by atoms with van der Waals surface area (Å²) in [5.74, 6) is 1.05. The van der Waals surface area contributed by atoms with Crippen molar-refractivity contribution in [2.24, 2.45) is 5.41 Å². The monoisotopic (exact) mass is 474 g/mol. The smallest absolute Gasteiger partial charge is 0.416 e. The number of hydrogen-bond acceptors (Lipinski definition) is 3. The van der Waals surface area contributed by atoms with E-state index in [2.05, 4.69) is 11.4 Å². The molecule has 1 atom stereocenters. The molecule has 4 rings (SSSR count). The molecule has 2 aromatic rings. The van der Waals surface area contributed by atoms with Gasteiger partial charge in [0.25, 0.3) is 0 Å². The standard InChI is InChI=1S/C27H33F3N2O2/c1-25(2,19-7-6-8-20(17-19)27(28,29)30)24(33)32-15-12-26(13-16-32)11-14-31-18-22(26)21-9-4-5-10-23(21)34-3/h4-10,17,22,31H,11-16,18H2,1-3H3. The number of ether oxygens (including phenoxy) is 1. The number of carbonyl (C=O) groups excluding carboxylic acids is 1. The topological polar surface area (TPSA) is 41.6 Å². The van der Waals surface area contributed by atoms with Crippen LogP contribution in [0.2, 0.25) is 0 Å². The van der Waals surface area contributed by atoms with Crippen molar-refractivity contribution in [1.82, 2.24) is 10.2 Å². The largest absolute Gasteiger partial charge is 0.496 e. The van der Waals surface area contributed by atoms with Crippen molar-refractivity contribution < 1.29 is 22.7 Å². The van der Waals surface area contributed by atoms with E-state index in [0.29, 0.717) is 18.7 Å². The van der Waals surface area contributed by atoms with Crippen LogP contribution < -0.4 is 10.1 Å². The Morgan fingerprint density at radius 1 is 1.03 bits per heavy atom. The zero-order chi connectivity index (χ0) is 24.6. The lowest BCUT2D eigenvalue weighted by Gasteiger charge is -2.50. The summed E-state index contributed by atoms with van der Waals surface area (Å²) in [6, 6.07) is 13.3. The molecule has 2 aromatic carbocycles. The van der Waals surface area contributed by atoms with E-state index in [9.17, 15) is 18.0 Å². The van der Waals surface area contributed by atoms with E-state index in [0.717, 1.165) is 50.2 Å². The van der Waals surface area contributed by atoms with Gasteiger partial charge >= 0.3 is 6.18 Å². The van der Waals surface area contributed by atoms with Crippen LogP contribution in [0.25, 0.3) is 0 Å². The van der Waals surface area contributed by atoms with Gasteiger partial charge < -0.3 is 15.0 Å². The van der Waals surface area contributed by atoms with Gasteiger partial charge in [0.15, 0.2) is 0 Å². The molecular weight excluding hydrogens is 441 g/mol. The summed E-state index contributed by atoms with van der Waals surface area (Å²) in [6.07, 6.45) is -1.69. The number of methoxy groups -OCH3 is 1. The number of nitrogens with zero attached hydrogens (tertiary/aromatic N) is 1. The highest BCUT2D eigenvalue weighted by atomic mass is 19.4. The van der Waals surface area contributed by atoms with Gasteiger partial charge in [0, 0.05) is 25.6 Å². The van der Waals surface area contributed by atoms with E-state index in [1.54, 1.807) is 27.0 Å². The molecule has 2 aliphatic rings. The molecule has 1 amide bonds. The molecule has 34 heavy (non-hydrogen) atoms. The van der Waals surface area contributed by atoms with Gasteiger partial charge in [0.2, 0.25) is 5.91 Å². The van der Waals surface area contributed by atoms with E-state index in [1.807, 2.05) is 23.1 Å². The Morgan fingerprint density at radius 3 is 2.38 bits per heavy atom. The van der Waals surface area contributed by atoms with Crippen LogP contribution in [-0.2, 0) is 16.4 Å². The highest BCUT2D eigenvalue weighted by molar-refractivity contribution is 5.87. The van der Waals surface area contributed by atoms with Crippen molar-refractivity contribution in [3.8, 4) is 5.75 Å². The minimum atomic E-state index is -4.44. The number of hydrogen-bond donors (Lipinski definition) is 1. The number of para-hydroxylation sites is 1. The van der Waals surface area contributed by atoms with Gasteiger partial charge in [-0.1, -0.05) is 36.4 Å². The molecular formula is C27H33F3N2O2. The first-order chi connectivity index (χ1) is 16.1. The summed E-state index contributed by atoms with van der Waals surface area (Å²) in [5, 5.41) is 3.53. The highest BCUT2D eigenvalue weighted by Crippen LogP contribution is 2.50. The summed E-state index contributed by atoms with van der Waals surface area (Å²) in [4.78, 5) is 15.4. The number of nitrogens with one attached hydrogen (secondary N) is 1. The Hall–Kier alpha value is -2.54. The number of rotatable bonds is 4. The van der Waals surface area contributed by atoms with Crippen molar-refractivity contribution in [3.63, 3.8) is 0 Å². The Morgan fingerprint density at radius 2 is 1.71 bits per heavy atom. The van der Waals surface area contributed by atoms with Crippen molar-refractivity contribution in [3.05, 3.63) is 65.2 Å². The molecule has 0 saturated carbocycles. The fourth-order valence-corrected chi connectivity index (χ4v) is 5.73. The van der Waals surface area contributed by atoms with Gasteiger partial charge in [-0.3, -0.25) is 4.79 Å². The van der Waals surface area contributed by atoms with E-state index >= 15 is 0 Å². The first-order valence-corrected chi connectivity index (χ1v) is 11.9. The van der Waals surface area contributed by atoms with E-state index in [4.69, 9.17) is 4.74 Å². The summed E-state index contributed by atoms with van der Waals surface area (Å²) in [6.45, 7) is 6.45. The van der Waals surface area contributed by atoms with E-state index < -0.39 is 17.2 Å². The van der Waals surface area contributed by atoms with E-state index in [1.165, 1.54) is 11.6 Å². The SMILES string of the molecule is COc1ccccc1C1CNCCC12CCN(C(=O)C(C)(C)c1cccc(C(F)(F)F)c1)CC2. The zero-order valence-electron chi connectivity index (χ0n) is 20.0. The number of amides is 1. The van der Waals surface area contributed by atoms with Crippen molar-refractivity contribution in [1.29, 1.82) is 0 Å². The molecule has 0 aromatic heterocycles. The Kier molecular flexibility index (Phi) is 6.69. The lowest BCUT2D eigenvalue weighted by molar-refractivity contribution is -0.140. The molecule has 1 spiro atoms. The quantitative estimate of drug-likeness (QED) is 0.647. The van der Waals surface area contributed by atoms with Crippen molar-refractivity contribution >= 4 is 5.91 Å². The van der Waals surface area contributed by atoms with Gasteiger partial charge in [0.1, 0.15) is 5.75 Å². The molecule has 0 aliphatic carbocycles. The first kappa shape index (κ1) is 24.6. The Balaban J connectivity index is 1.53. The Labute approximate surface area is 199 Å². The van der Waals surface area contributed by atoms with Crippen LogP contribution in [0, 0.1) is 5.41 Å². The third-order valence-corrected chi connectivity index (χ3v) is 7.89. The van der Waals surface area contributed by atoms with Crippen molar-refractivity contribution in [2.45, 2.75) is 50.6 Å².